The first kappa shape index (κ1) is 31.6. The van der Waals surface area contributed by atoms with Crippen LogP contribution in [0.5, 0.6) is 5.75 Å². The first-order chi connectivity index (χ1) is 20.6. The Morgan fingerprint density at radius 2 is 1.79 bits per heavy atom. The standard InChI is InChI=1S/C22H26ClN7O2S.C7H6O3/c1-14-4-3-5-16(23)20(14)28-21(32)17-13-24-22(33-17)27-18-12-19(26-15(2)25-18)30-8-6-29(7-9-30)10-11-31;8-6-4-2-1-3-5(6)7(9)10/h3-5,12-13,31H,6-11H2,1-2H3,(H,28,32)(H,24,25,26,27);1-4,8H,(H,9,10). The highest BCUT2D eigenvalue weighted by atomic mass is 35.5. The molecule has 5 rings (SSSR count). The molecular weight excluding hydrogens is 594 g/mol. The van der Waals surface area contributed by atoms with Gasteiger partial charge in [-0.05, 0) is 37.6 Å². The fourth-order valence-electron chi connectivity index (χ4n) is 4.29. The Bertz CT molecular complexity index is 1560. The monoisotopic (exact) mass is 625 g/mol. The van der Waals surface area contributed by atoms with Crippen LogP contribution in [0.25, 0.3) is 0 Å². The van der Waals surface area contributed by atoms with Crippen molar-refractivity contribution in [2.24, 2.45) is 0 Å². The van der Waals surface area contributed by atoms with Crippen LogP contribution < -0.4 is 15.5 Å². The molecule has 1 saturated heterocycles. The van der Waals surface area contributed by atoms with Crippen LogP contribution in [-0.2, 0) is 0 Å². The molecule has 14 heteroatoms. The minimum atomic E-state index is -1.11. The lowest BCUT2D eigenvalue weighted by Crippen LogP contribution is -2.47. The maximum Gasteiger partial charge on any atom is 0.339 e. The number of aromatic hydroxyl groups is 1. The Labute approximate surface area is 257 Å². The maximum atomic E-state index is 12.7. The number of nitrogens with one attached hydrogen (secondary N) is 2. The van der Waals surface area contributed by atoms with Crippen molar-refractivity contribution in [1.29, 1.82) is 0 Å². The number of aliphatic hydroxyl groups is 1. The van der Waals surface area contributed by atoms with E-state index in [1.165, 1.54) is 29.7 Å². The molecule has 5 N–H and O–H groups in total. The number of carbonyl (C=O) groups excluding carboxylic acids is 1. The predicted octanol–water partition coefficient (Wildman–Crippen LogP) is 4.40. The van der Waals surface area contributed by atoms with Crippen LogP contribution in [0.2, 0.25) is 5.02 Å². The Hall–Kier alpha value is -4.30. The van der Waals surface area contributed by atoms with Gasteiger partial charge in [0.05, 0.1) is 23.5 Å². The van der Waals surface area contributed by atoms with Crippen molar-refractivity contribution in [1.82, 2.24) is 19.9 Å². The molecule has 0 aliphatic carbocycles. The number of anilines is 4. The third-order valence-electron chi connectivity index (χ3n) is 6.50. The summed E-state index contributed by atoms with van der Waals surface area (Å²) in [4.78, 5) is 41.2. The number of carbonyl (C=O) groups is 2. The highest BCUT2D eigenvalue weighted by molar-refractivity contribution is 7.17. The molecule has 4 aromatic rings. The number of piperazine rings is 1. The van der Waals surface area contributed by atoms with E-state index in [1.807, 2.05) is 32.0 Å². The maximum absolute atomic E-state index is 12.7. The van der Waals surface area contributed by atoms with Gasteiger partial charge in [0, 0.05) is 38.8 Å². The molecule has 226 valence electrons. The number of carboxylic acid groups (broad SMARTS) is 1. The molecule has 2 aromatic carbocycles. The molecule has 12 nitrogen and oxygen atoms in total. The first-order valence-electron chi connectivity index (χ1n) is 13.4. The quantitative estimate of drug-likeness (QED) is 0.188. The highest BCUT2D eigenvalue weighted by Gasteiger charge is 2.19. The Balaban J connectivity index is 0.000000359. The van der Waals surface area contributed by atoms with E-state index in [1.54, 1.807) is 18.2 Å². The number of aromatic nitrogens is 3. The van der Waals surface area contributed by atoms with Gasteiger partial charge in [-0.1, -0.05) is 47.2 Å². The normalized spacial score (nSPS) is 13.2. The molecule has 0 saturated carbocycles. The molecule has 1 amide bonds. The number of thiazole rings is 1. The molecule has 0 bridgehead atoms. The number of para-hydroxylation sites is 2. The Kier molecular flexibility index (Phi) is 10.8. The van der Waals surface area contributed by atoms with Gasteiger partial charge >= 0.3 is 5.97 Å². The number of amides is 1. The van der Waals surface area contributed by atoms with Crippen molar-refractivity contribution >= 4 is 57.3 Å². The van der Waals surface area contributed by atoms with Gasteiger partial charge in [0.2, 0.25) is 0 Å². The van der Waals surface area contributed by atoms with E-state index < -0.39 is 5.97 Å². The lowest BCUT2D eigenvalue weighted by Gasteiger charge is -2.35. The second-order valence-electron chi connectivity index (χ2n) is 9.57. The van der Waals surface area contributed by atoms with Crippen LogP contribution in [0.4, 0.5) is 22.5 Å². The van der Waals surface area contributed by atoms with Gasteiger partial charge < -0.3 is 30.9 Å². The van der Waals surface area contributed by atoms with Crippen molar-refractivity contribution in [3.8, 4) is 5.75 Å². The molecule has 1 fully saturated rings. The molecule has 1 aliphatic rings. The number of halogens is 1. The smallest absolute Gasteiger partial charge is 0.339 e. The molecule has 0 radical (unpaired) electrons. The van der Waals surface area contributed by atoms with Crippen molar-refractivity contribution in [3.05, 3.63) is 81.6 Å². The zero-order chi connectivity index (χ0) is 30.9. The van der Waals surface area contributed by atoms with Gasteiger partial charge in [-0.2, -0.15) is 0 Å². The van der Waals surface area contributed by atoms with Crippen molar-refractivity contribution in [2.45, 2.75) is 13.8 Å². The minimum Gasteiger partial charge on any atom is -0.507 e. The molecular formula is C29H32ClN7O5S. The topological polar surface area (TPSA) is 164 Å². The predicted molar refractivity (Wildman–Crippen MR) is 167 cm³/mol. The van der Waals surface area contributed by atoms with E-state index >= 15 is 0 Å². The van der Waals surface area contributed by atoms with Gasteiger partial charge in [0.1, 0.15) is 33.7 Å². The summed E-state index contributed by atoms with van der Waals surface area (Å²) in [6, 6.07) is 13.2. The van der Waals surface area contributed by atoms with E-state index in [0.29, 0.717) is 38.9 Å². The van der Waals surface area contributed by atoms with Gasteiger partial charge in [-0.15, -0.1) is 0 Å². The van der Waals surface area contributed by atoms with Crippen molar-refractivity contribution in [3.63, 3.8) is 0 Å². The highest BCUT2D eigenvalue weighted by Crippen LogP contribution is 2.28. The summed E-state index contributed by atoms with van der Waals surface area (Å²) in [7, 11) is 0. The second-order valence-corrected chi connectivity index (χ2v) is 11.0. The number of aryl methyl sites for hydroxylation is 2. The average molecular weight is 626 g/mol. The number of hydrogen-bond donors (Lipinski definition) is 5. The number of aliphatic hydroxyl groups excluding tert-OH is 1. The third kappa shape index (κ3) is 8.61. The lowest BCUT2D eigenvalue weighted by molar-refractivity contribution is 0.0693. The number of carboxylic acids is 1. The SMILES string of the molecule is Cc1nc(Nc2ncc(C(=O)Nc3c(C)cccc3Cl)s2)cc(N2CCN(CCO)CC2)n1.O=C(O)c1ccccc1O. The fraction of sp³-hybridized carbons (Fsp3) is 0.276. The number of hydrogen-bond acceptors (Lipinski definition) is 11. The molecule has 0 unspecified atom stereocenters. The summed E-state index contributed by atoms with van der Waals surface area (Å²) in [5, 5.41) is 33.6. The molecule has 0 atom stereocenters. The number of β-amino-alcohol motifs (C(OH)–C–C–N with tert-alkyl or cyclic N) is 1. The Morgan fingerprint density at radius 3 is 2.44 bits per heavy atom. The number of aromatic carboxylic acids is 1. The number of rotatable bonds is 8. The zero-order valence-electron chi connectivity index (χ0n) is 23.6. The van der Waals surface area contributed by atoms with E-state index in [9.17, 15) is 9.59 Å². The van der Waals surface area contributed by atoms with Crippen molar-refractivity contribution in [2.75, 3.05) is 54.9 Å². The number of nitrogens with zero attached hydrogens (tertiary/aromatic N) is 5. The first-order valence-corrected chi connectivity index (χ1v) is 14.6. The molecule has 43 heavy (non-hydrogen) atoms. The van der Waals surface area contributed by atoms with Crippen molar-refractivity contribution < 1.29 is 24.9 Å². The number of phenols is 1. The van der Waals surface area contributed by atoms with Crippen LogP contribution >= 0.6 is 22.9 Å². The number of benzene rings is 2. The van der Waals surface area contributed by atoms with Crippen LogP contribution in [0.15, 0.2) is 54.7 Å². The van der Waals surface area contributed by atoms with Gasteiger partial charge in [0.15, 0.2) is 5.13 Å². The zero-order valence-corrected chi connectivity index (χ0v) is 25.2. The van der Waals surface area contributed by atoms with Crippen LogP contribution in [0.1, 0.15) is 31.4 Å². The minimum absolute atomic E-state index is 0.0671. The summed E-state index contributed by atoms with van der Waals surface area (Å²) in [6.07, 6.45) is 1.53. The van der Waals surface area contributed by atoms with E-state index in [2.05, 4.69) is 35.4 Å². The van der Waals surface area contributed by atoms with E-state index in [-0.39, 0.29) is 23.8 Å². The lowest BCUT2D eigenvalue weighted by atomic mass is 10.2. The summed E-state index contributed by atoms with van der Waals surface area (Å²) in [5.41, 5.74) is 1.42. The van der Waals surface area contributed by atoms with Crippen LogP contribution in [0, 0.1) is 13.8 Å². The molecule has 2 aromatic heterocycles. The summed E-state index contributed by atoms with van der Waals surface area (Å²) in [6.45, 7) is 8.03. The van der Waals surface area contributed by atoms with Crippen LogP contribution in [-0.4, -0.2) is 86.4 Å². The summed E-state index contributed by atoms with van der Waals surface area (Å²) < 4.78 is 0. The summed E-state index contributed by atoms with van der Waals surface area (Å²) >= 11 is 7.46. The average Bonchev–Trinajstić information content (AvgIpc) is 3.44. The second kappa shape index (κ2) is 14.7. The third-order valence-corrected chi connectivity index (χ3v) is 7.72. The fourth-order valence-corrected chi connectivity index (χ4v) is 5.27. The summed E-state index contributed by atoms with van der Waals surface area (Å²) in [5.74, 6) is 0.539. The van der Waals surface area contributed by atoms with Crippen LogP contribution in [0.3, 0.4) is 0 Å². The largest absolute Gasteiger partial charge is 0.507 e. The van der Waals surface area contributed by atoms with Gasteiger partial charge in [-0.25, -0.2) is 19.7 Å². The van der Waals surface area contributed by atoms with E-state index in [4.69, 9.17) is 26.9 Å². The Morgan fingerprint density at radius 1 is 1.05 bits per heavy atom. The van der Waals surface area contributed by atoms with E-state index in [0.717, 1.165) is 37.6 Å². The molecule has 0 spiro atoms. The molecule has 3 heterocycles. The molecule has 1 aliphatic heterocycles. The van der Waals surface area contributed by atoms with Gasteiger partial charge in [-0.3, -0.25) is 9.69 Å². The van der Waals surface area contributed by atoms with Gasteiger partial charge in [0.25, 0.3) is 5.91 Å².